The number of ketones is 2. The molecule has 0 aliphatic heterocycles. The number of methoxy groups -OCH3 is 1. The summed E-state index contributed by atoms with van der Waals surface area (Å²) < 4.78 is 4.90. The first-order valence-electron chi connectivity index (χ1n) is 4.91. The van der Waals surface area contributed by atoms with Gasteiger partial charge in [0.05, 0.1) is 7.11 Å². The minimum atomic E-state index is -0.127. The standard InChI is InChI=1S/C11H14O3/c1-5-6(2)10-9(5)7(12)4-8(14-3)11(10)13/h4-6,9-10H,1-3H3/t5-,6-,9?,10?/m1/s1. The molecule has 0 radical (unpaired) electrons. The average molecular weight is 194 g/mol. The highest BCUT2D eigenvalue weighted by Crippen LogP contribution is 2.49. The Hall–Kier alpha value is -1.12. The van der Waals surface area contributed by atoms with Crippen molar-refractivity contribution in [3.63, 3.8) is 0 Å². The van der Waals surface area contributed by atoms with Crippen LogP contribution in [0.25, 0.3) is 0 Å². The van der Waals surface area contributed by atoms with Gasteiger partial charge in [-0.05, 0) is 11.8 Å². The summed E-state index contributed by atoms with van der Waals surface area (Å²) in [4.78, 5) is 23.4. The van der Waals surface area contributed by atoms with Gasteiger partial charge in [-0.25, -0.2) is 0 Å². The molecule has 2 aliphatic carbocycles. The molecular formula is C11H14O3. The lowest BCUT2D eigenvalue weighted by Crippen LogP contribution is -2.54. The van der Waals surface area contributed by atoms with Crippen molar-refractivity contribution in [2.24, 2.45) is 23.7 Å². The van der Waals surface area contributed by atoms with E-state index >= 15 is 0 Å². The molecule has 0 aromatic carbocycles. The van der Waals surface area contributed by atoms with Crippen molar-refractivity contribution in [3.05, 3.63) is 11.8 Å². The maximum Gasteiger partial charge on any atom is 0.201 e. The highest BCUT2D eigenvalue weighted by atomic mass is 16.5. The van der Waals surface area contributed by atoms with Crippen LogP contribution in [0.4, 0.5) is 0 Å². The topological polar surface area (TPSA) is 43.4 Å². The van der Waals surface area contributed by atoms with E-state index in [1.807, 2.05) is 13.8 Å². The molecule has 3 nitrogen and oxygen atoms in total. The minimum absolute atomic E-state index is 0.00250. The van der Waals surface area contributed by atoms with Crippen LogP contribution in [0.5, 0.6) is 0 Å². The summed E-state index contributed by atoms with van der Waals surface area (Å²) in [5.74, 6) is 0.699. The molecule has 1 fully saturated rings. The smallest absolute Gasteiger partial charge is 0.201 e. The molecular weight excluding hydrogens is 180 g/mol. The molecule has 2 aliphatic rings. The second-order valence-corrected chi connectivity index (χ2v) is 4.25. The Morgan fingerprint density at radius 2 is 1.71 bits per heavy atom. The molecule has 0 amide bonds. The van der Waals surface area contributed by atoms with Crippen LogP contribution in [0.2, 0.25) is 0 Å². The van der Waals surface area contributed by atoms with E-state index in [9.17, 15) is 9.59 Å². The molecule has 0 spiro atoms. The van der Waals surface area contributed by atoms with Crippen LogP contribution in [-0.4, -0.2) is 18.7 Å². The Morgan fingerprint density at radius 3 is 2.29 bits per heavy atom. The summed E-state index contributed by atoms with van der Waals surface area (Å²) in [7, 11) is 1.43. The van der Waals surface area contributed by atoms with Crippen LogP contribution in [0, 0.1) is 23.7 Å². The Labute approximate surface area is 83.1 Å². The Kier molecular flexibility index (Phi) is 1.98. The number of hydrogen-bond acceptors (Lipinski definition) is 3. The van der Waals surface area contributed by atoms with E-state index in [2.05, 4.69) is 0 Å². The van der Waals surface area contributed by atoms with Crippen molar-refractivity contribution < 1.29 is 14.3 Å². The van der Waals surface area contributed by atoms with Gasteiger partial charge < -0.3 is 4.74 Å². The van der Waals surface area contributed by atoms with Crippen LogP contribution in [0.3, 0.4) is 0 Å². The SMILES string of the molecule is COC1=CC(=O)C2C(C1=O)[C@H](C)[C@H]2C. The number of ether oxygens (including phenoxy) is 1. The van der Waals surface area contributed by atoms with Gasteiger partial charge >= 0.3 is 0 Å². The third-order valence-corrected chi connectivity index (χ3v) is 3.72. The van der Waals surface area contributed by atoms with E-state index in [1.165, 1.54) is 13.2 Å². The molecule has 3 heteroatoms. The molecule has 2 unspecified atom stereocenters. The third-order valence-electron chi connectivity index (χ3n) is 3.72. The van der Waals surface area contributed by atoms with Gasteiger partial charge in [-0.3, -0.25) is 9.59 Å². The molecule has 0 saturated heterocycles. The van der Waals surface area contributed by atoms with Crippen LogP contribution in [0.15, 0.2) is 11.8 Å². The zero-order valence-electron chi connectivity index (χ0n) is 8.61. The van der Waals surface area contributed by atoms with Crippen molar-refractivity contribution in [1.29, 1.82) is 0 Å². The van der Waals surface area contributed by atoms with Crippen LogP contribution in [0.1, 0.15) is 13.8 Å². The predicted molar refractivity (Wildman–Crippen MR) is 50.4 cm³/mol. The number of Topliss-reactive ketones (excluding diaryl/α,β-unsaturated/α-hetero) is 1. The third kappa shape index (κ3) is 0.982. The minimum Gasteiger partial charge on any atom is -0.493 e. The first kappa shape index (κ1) is 9.44. The summed E-state index contributed by atoms with van der Waals surface area (Å²) in [5.41, 5.74) is 0. The van der Waals surface area contributed by atoms with E-state index < -0.39 is 0 Å². The molecule has 14 heavy (non-hydrogen) atoms. The lowest BCUT2D eigenvalue weighted by molar-refractivity contribution is -0.148. The molecule has 1 saturated carbocycles. The summed E-state index contributed by atoms with van der Waals surface area (Å²) in [6, 6.07) is 0. The van der Waals surface area contributed by atoms with Crippen molar-refractivity contribution >= 4 is 11.6 Å². The van der Waals surface area contributed by atoms with Gasteiger partial charge in [-0.15, -0.1) is 0 Å². The number of rotatable bonds is 1. The van der Waals surface area contributed by atoms with E-state index in [0.717, 1.165) is 0 Å². The number of hydrogen-bond donors (Lipinski definition) is 0. The zero-order chi connectivity index (χ0) is 10.5. The highest BCUT2D eigenvalue weighted by molar-refractivity contribution is 6.10. The number of carbonyl (C=O) groups excluding carboxylic acids is 2. The molecule has 76 valence electrons. The van der Waals surface area contributed by atoms with Crippen molar-refractivity contribution in [1.82, 2.24) is 0 Å². The van der Waals surface area contributed by atoms with Gasteiger partial charge in [-0.1, -0.05) is 13.8 Å². The molecule has 2 rings (SSSR count). The molecule has 0 bridgehead atoms. The lowest BCUT2D eigenvalue weighted by atomic mass is 9.53. The molecule has 0 heterocycles. The summed E-state index contributed by atoms with van der Waals surface area (Å²) in [6.45, 7) is 4.05. The maximum atomic E-state index is 11.8. The maximum absolute atomic E-state index is 11.8. The first-order valence-corrected chi connectivity index (χ1v) is 4.91. The van der Waals surface area contributed by atoms with Gasteiger partial charge in [-0.2, -0.15) is 0 Å². The first-order chi connectivity index (χ1) is 6.57. The Balaban J connectivity index is 2.34. The monoisotopic (exact) mass is 194 g/mol. The van der Waals surface area contributed by atoms with Crippen LogP contribution >= 0.6 is 0 Å². The molecule has 0 N–H and O–H groups in total. The van der Waals surface area contributed by atoms with Crippen molar-refractivity contribution in [3.8, 4) is 0 Å². The second-order valence-electron chi connectivity index (χ2n) is 4.25. The van der Waals surface area contributed by atoms with Crippen LogP contribution in [-0.2, 0) is 14.3 Å². The summed E-state index contributed by atoms with van der Waals surface area (Å²) in [5, 5.41) is 0. The Bertz CT molecular complexity index is 329. The Morgan fingerprint density at radius 1 is 1.14 bits per heavy atom. The fraction of sp³-hybridized carbons (Fsp3) is 0.636. The summed E-state index contributed by atoms with van der Waals surface area (Å²) >= 11 is 0. The fourth-order valence-electron chi connectivity index (χ4n) is 2.62. The second kappa shape index (κ2) is 2.94. The van der Waals surface area contributed by atoms with E-state index in [1.54, 1.807) is 0 Å². The number of fused-ring (bicyclic) bond motifs is 1. The van der Waals surface area contributed by atoms with Gasteiger partial charge in [0.15, 0.2) is 11.5 Å². The van der Waals surface area contributed by atoms with E-state index in [-0.39, 0.29) is 29.2 Å². The largest absolute Gasteiger partial charge is 0.493 e. The van der Waals surface area contributed by atoms with Crippen molar-refractivity contribution in [2.75, 3.05) is 7.11 Å². The fourth-order valence-corrected chi connectivity index (χ4v) is 2.62. The average Bonchev–Trinajstić information content (AvgIpc) is 2.18. The molecule has 4 atom stereocenters. The summed E-state index contributed by atoms with van der Waals surface area (Å²) in [6.07, 6.45) is 1.35. The van der Waals surface area contributed by atoms with E-state index in [4.69, 9.17) is 4.74 Å². The predicted octanol–water partition coefficient (Wildman–Crippen LogP) is 1.19. The van der Waals surface area contributed by atoms with E-state index in [0.29, 0.717) is 11.8 Å². The van der Waals surface area contributed by atoms with Crippen molar-refractivity contribution in [2.45, 2.75) is 13.8 Å². The van der Waals surface area contributed by atoms with Gasteiger partial charge in [0.1, 0.15) is 0 Å². The zero-order valence-corrected chi connectivity index (χ0v) is 8.61. The molecule has 0 aromatic heterocycles. The highest BCUT2D eigenvalue weighted by Gasteiger charge is 2.55. The van der Waals surface area contributed by atoms with Crippen LogP contribution < -0.4 is 0 Å². The van der Waals surface area contributed by atoms with Gasteiger partial charge in [0.2, 0.25) is 5.78 Å². The number of allylic oxidation sites excluding steroid dienone is 2. The normalized spacial score (nSPS) is 41.2. The quantitative estimate of drug-likeness (QED) is 0.629. The molecule has 0 aromatic rings. The number of carbonyl (C=O) groups is 2. The van der Waals surface area contributed by atoms with Gasteiger partial charge in [0.25, 0.3) is 0 Å². The lowest BCUT2D eigenvalue weighted by Gasteiger charge is -2.48. The van der Waals surface area contributed by atoms with Gasteiger partial charge in [0, 0.05) is 17.9 Å².